The lowest BCUT2D eigenvalue weighted by atomic mass is 10.2. The summed E-state index contributed by atoms with van der Waals surface area (Å²) in [6.07, 6.45) is -0.524. The fourth-order valence-corrected chi connectivity index (χ4v) is 2.75. The highest BCUT2D eigenvalue weighted by Gasteiger charge is 2.27. The lowest BCUT2D eigenvalue weighted by molar-refractivity contribution is -0.384. The van der Waals surface area contributed by atoms with Crippen LogP contribution in [0.5, 0.6) is 5.75 Å². The van der Waals surface area contributed by atoms with E-state index in [0.29, 0.717) is 24.5 Å². The lowest BCUT2D eigenvalue weighted by Gasteiger charge is -2.21. The third kappa shape index (κ3) is 4.08. The number of hydrogen-bond acceptors (Lipinski definition) is 6. The normalized spacial score (nSPS) is 13.4. The maximum Gasteiger partial charge on any atom is 0.414 e. The number of carbonyl (C=O) groups is 1. The van der Waals surface area contributed by atoms with Crippen LogP contribution in [0.25, 0.3) is 0 Å². The third-order valence-corrected chi connectivity index (χ3v) is 4.16. The number of likely N-dealkylation sites (N-methyl/N-ethyl adjacent to an activating group) is 1. The number of hydrogen-bond donors (Lipinski definition) is 0. The van der Waals surface area contributed by atoms with Gasteiger partial charge in [0.2, 0.25) is 0 Å². The van der Waals surface area contributed by atoms with Crippen LogP contribution in [-0.2, 0) is 4.74 Å². The Morgan fingerprint density at radius 3 is 2.78 bits per heavy atom. The fourth-order valence-electron chi connectivity index (χ4n) is 2.75. The molecule has 1 amide bonds. The van der Waals surface area contributed by atoms with E-state index in [1.54, 1.807) is 36.2 Å². The van der Waals surface area contributed by atoms with Crippen LogP contribution in [0, 0.1) is 15.9 Å². The quantitative estimate of drug-likeness (QED) is 0.546. The second-order valence-electron chi connectivity index (χ2n) is 5.90. The number of rotatable bonds is 7. The highest BCUT2D eigenvalue weighted by Crippen LogP contribution is 2.33. The summed E-state index contributed by atoms with van der Waals surface area (Å²) in [5, 5.41) is 11.5. The van der Waals surface area contributed by atoms with Gasteiger partial charge in [0.1, 0.15) is 18.9 Å². The van der Waals surface area contributed by atoms with Crippen molar-refractivity contribution in [1.82, 2.24) is 0 Å². The molecule has 142 valence electrons. The van der Waals surface area contributed by atoms with Gasteiger partial charge in [-0.15, -0.1) is 0 Å². The number of nitro groups is 1. The number of cyclic esters (lactones) is 1. The highest BCUT2D eigenvalue weighted by molar-refractivity contribution is 5.90. The minimum absolute atomic E-state index is 0.128. The summed E-state index contributed by atoms with van der Waals surface area (Å²) in [7, 11) is 1.68. The molecule has 0 spiro atoms. The molecule has 0 aromatic heterocycles. The van der Waals surface area contributed by atoms with E-state index in [1.165, 1.54) is 23.1 Å². The van der Waals surface area contributed by atoms with Crippen LogP contribution in [0.2, 0.25) is 0 Å². The lowest BCUT2D eigenvalue weighted by Crippen LogP contribution is -2.26. The average Bonchev–Trinajstić information content (AvgIpc) is 3.08. The molecule has 0 N–H and O–H groups in total. The molecule has 0 atom stereocenters. The molecule has 1 aliphatic rings. The van der Waals surface area contributed by atoms with Gasteiger partial charge in [0.05, 0.1) is 23.7 Å². The fraction of sp³-hybridized carbons (Fsp3) is 0.278. The van der Waals surface area contributed by atoms with Crippen molar-refractivity contribution in [3.63, 3.8) is 0 Å². The second kappa shape index (κ2) is 7.90. The highest BCUT2D eigenvalue weighted by atomic mass is 19.1. The molecule has 9 heteroatoms. The van der Waals surface area contributed by atoms with Crippen molar-refractivity contribution < 1.29 is 23.6 Å². The van der Waals surface area contributed by atoms with Crippen LogP contribution >= 0.6 is 0 Å². The van der Waals surface area contributed by atoms with Crippen LogP contribution in [0.15, 0.2) is 42.5 Å². The Kier molecular flexibility index (Phi) is 5.39. The maximum absolute atomic E-state index is 13.6. The van der Waals surface area contributed by atoms with E-state index in [9.17, 15) is 19.3 Å². The Morgan fingerprint density at radius 2 is 2.11 bits per heavy atom. The number of anilines is 2. The van der Waals surface area contributed by atoms with Gasteiger partial charge < -0.3 is 14.4 Å². The Morgan fingerprint density at radius 1 is 1.33 bits per heavy atom. The van der Waals surface area contributed by atoms with Crippen molar-refractivity contribution in [2.45, 2.75) is 0 Å². The molecular formula is C18H18FN3O5. The van der Waals surface area contributed by atoms with Gasteiger partial charge in [-0.25, -0.2) is 9.18 Å². The molecule has 0 radical (unpaired) electrons. The van der Waals surface area contributed by atoms with E-state index in [1.807, 2.05) is 0 Å². The zero-order valence-electron chi connectivity index (χ0n) is 14.6. The van der Waals surface area contributed by atoms with Crippen molar-refractivity contribution in [3.8, 4) is 5.75 Å². The standard InChI is InChI=1S/C18H18FN3O5/c1-20(8-10-26-17-5-3-2-4-14(17)19)15-7-6-13(12-16(15)22(24)25)21-9-11-27-18(21)23/h2-7,12H,8-11H2,1H3. The van der Waals surface area contributed by atoms with Crippen molar-refractivity contribution in [2.24, 2.45) is 0 Å². The number of amides is 1. The third-order valence-electron chi connectivity index (χ3n) is 4.16. The molecule has 8 nitrogen and oxygen atoms in total. The number of nitro benzene ring substituents is 1. The summed E-state index contributed by atoms with van der Waals surface area (Å²) in [4.78, 5) is 25.6. The van der Waals surface area contributed by atoms with Gasteiger partial charge in [-0.2, -0.15) is 0 Å². The Bertz CT molecular complexity index is 861. The summed E-state index contributed by atoms with van der Waals surface area (Å²) in [5.41, 5.74) is 0.637. The first-order valence-corrected chi connectivity index (χ1v) is 8.28. The van der Waals surface area contributed by atoms with E-state index in [0.717, 1.165) is 0 Å². The van der Waals surface area contributed by atoms with Gasteiger partial charge in [-0.3, -0.25) is 15.0 Å². The molecule has 0 bridgehead atoms. The van der Waals surface area contributed by atoms with Crippen molar-refractivity contribution in [2.75, 3.05) is 43.2 Å². The summed E-state index contributed by atoms with van der Waals surface area (Å²) in [6, 6.07) is 10.6. The number of para-hydroxylation sites is 1. The zero-order chi connectivity index (χ0) is 19.4. The number of carbonyl (C=O) groups excluding carboxylic acids is 1. The van der Waals surface area contributed by atoms with Crippen LogP contribution in [0.4, 0.5) is 26.2 Å². The van der Waals surface area contributed by atoms with Gasteiger partial charge >= 0.3 is 6.09 Å². The SMILES string of the molecule is CN(CCOc1ccccc1F)c1ccc(N2CCOC2=O)cc1[N+](=O)[O-]. The average molecular weight is 375 g/mol. The predicted molar refractivity (Wildman–Crippen MR) is 97.0 cm³/mol. The van der Waals surface area contributed by atoms with Crippen LogP contribution in [-0.4, -0.2) is 44.4 Å². The first kappa shape index (κ1) is 18.4. The summed E-state index contributed by atoms with van der Waals surface area (Å²) >= 11 is 0. The molecule has 0 saturated carbocycles. The van der Waals surface area contributed by atoms with Crippen LogP contribution < -0.4 is 14.5 Å². The number of nitrogens with zero attached hydrogens (tertiary/aromatic N) is 3. The minimum Gasteiger partial charge on any atom is -0.489 e. The first-order valence-electron chi connectivity index (χ1n) is 8.28. The second-order valence-corrected chi connectivity index (χ2v) is 5.90. The van der Waals surface area contributed by atoms with Gasteiger partial charge in [0.25, 0.3) is 5.69 Å². The topological polar surface area (TPSA) is 85.2 Å². The van der Waals surface area contributed by atoms with Crippen molar-refractivity contribution in [1.29, 1.82) is 0 Å². The molecular weight excluding hydrogens is 357 g/mol. The Labute approximate surface area is 154 Å². The molecule has 0 aliphatic carbocycles. The Balaban J connectivity index is 1.71. The largest absolute Gasteiger partial charge is 0.489 e. The number of halogens is 1. The molecule has 2 aromatic carbocycles. The molecule has 1 heterocycles. The number of benzene rings is 2. The molecule has 1 fully saturated rings. The van der Waals surface area contributed by atoms with E-state index >= 15 is 0 Å². The van der Waals surface area contributed by atoms with Crippen molar-refractivity contribution >= 4 is 23.2 Å². The minimum atomic E-state index is -0.524. The Hall–Kier alpha value is -3.36. The summed E-state index contributed by atoms with van der Waals surface area (Å²) < 4.78 is 23.8. The molecule has 3 rings (SSSR count). The van der Waals surface area contributed by atoms with Crippen molar-refractivity contribution in [3.05, 3.63) is 58.4 Å². The molecule has 0 unspecified atom stereocenters. The monoisotopic (exact) mass is 375 g/mol. The first-order chi connectivity index (χ1) is 13.0. The summed E-state index contributed by atoms with van der Waals surface area (Å²) in [5.74, 6) is -0.337. The maximum atomic E-state index is 13.6. The van der Waals surface area contributed by atoms with Crippen LogP contribution in [0.1, 0.15) is 0 Å². The molecule has 2 aromatic rings. The summed E-state index contributed by atoms with van der Waals surface area (Å²) in [6.45, 7) is 1.05. The van der Waals surface area contributed by atoms with E-state index < -0.39 is 16.8 Å². The molecule has 27 heavy (non-hydrogen) atoms. The van der Waals surface area contributed by atoms with Crippen LogP contribution in [0.3, 0.4) is 0 Å². The smallest absolute Gasteiger partial charge is 0.414 e. The molecule has 1 aliphatic heterocycles. The van der Waals surface area contributed by atoms with E-state index in [-0.39, 0.29) is 24.7 Å². The van der Waals surface area contributed by atoms with E-state index in [2.05, 4.69) is 0 Å². The molecule has 1 saturated heterocycles. The van der Waals surface area contributed by atoms with Gasteiger partial charge in [0, 0.05) is 13.1 Å². The van der Waals surface area contributed by atoms with Gasteiger partial charge in [0.15, 0.2) is 11.6 Å². The predicted octanol–water partition coefficient (Wildman–Crippen LogP) is 3.21. The van der Waals surface area contributed by atoms with Gasteiger partial charge in [-0.1, -0.05) is 12.1 Å². The number of ether oxygens (including phenoxy) is 2. The zero-order valence-corrected chi connectivity index (χ0v) is 14.6. The van der Waals surface area contributed by atoms with Gasteiger partial charge in [-0.05, 0) is 24.3 Å². The van der Waals surface area contributed by atoms with E-state index in [4.69, 9.17) is 9.47 Å².